The third-order valence-electron chi connectivity index (χ3n) is 4.31. The molecule has 5 heteroatoms. The Hall–Kier alpha value is -1.88. The molecule has 0 aromatic heterocycles. The number of carbonyl (C=O) groups is 2. The van der Waals surface area contributed by atoms with E-state index in [9.17, 15) is 9.59 Å². The molecular formula is C20H30N2O3. The number of para-hydroxylation sites is 1. The first-order valence-corrected chi connectivity index (χ1v) is 9.14. The summed E-state index contributed by atoms with van der Waals surface area (Å²) in [7, 11) is 0. The predicted molar refractivity (Wildman–Crippen MR) is 99.4 cm³/mol. The molecule has 0 saturated carbocycles. The fraction of sp³-hybridized carbons (Fsp3) is 0.600. The number of hydrogen-bond donors (Lipinski definition) is 1. The Balaban J connectivity index is 2.41. The second-order valence-electron chi connectivity index (χ2n) is 7.54. The van der Waals surface area contributed by atoms with E-state index in [1.807, 2.05) is 58.0 Å². The Labute approximate surface area is 150 Å². The number of nitrogens with one attached hydrogen (secondary N) is 1. The molecule has 1 saturated heterocycles. The molecule has 0 bridgehead atoms. The van der Waals surface area contributed by atoms with Gasteiger partial charge in [-0.05, 0) is 52.3 Å². The number of amides is 1. The Kier molecular flexibility index (Phi) is 6.59. The topological polar surface area (TPSA) is 58.6 Å². The summed E-state index contributed by atoms with van der Waals surface area (Å²) in [5, 5.41) is 3.35. The van der Waals surface area contributed by atoms with Crippen molar-refractivity contribution in [3.05, 3.63) is 30.3 Å². The van der Waals surface area contributed by atoms with Crippen molar-refractivity contribution in [2.45, 2.75) is 58.6 Å². The number of hydrogen-bond acceptors (Lipinski definition) is 4. The lowest BCUT2D eigenvalue weighted by Crippen LogP contribution is -2.54. The van der Waals surface area contributed by atoms with Gasteiger partial charge in [-0.2, -0.15) is 0 Å². The summed E-state index contributed by atoms with van der Waals surface area (Å²) < 4.78 is 5.69. The molecule has 0 aliphatic carbocycles. The van der Waals surface area contributed by atoms with Gasteiger partial charge in [0.15, 0.2) is 0 Å². The van der Waals surface area contributed by atoms with Crippen LogP contribution >= 0.6 is 0 Å². The second kappa shape index (κ2) is 8.48. The summed E-state index contributed by atoms with van der Waals surface area (Å²) >= 11 is 0. The highest BCUT2D eigenvalue weighted by molar-refractivity contribution is 5.99. The first kappa shape index (κ1) is 19.4. The van der Waals surface area contributed by atoms with E-state index in [1.54, 1.807) is 4.90 Å². The molecule has 1 fully saturated rings. The van der Waals surface area contributed by atoms with Gasteiger partial charge in [0.1, 0.15) is 11.6 Å². The number of piperidine rings is 1. The quantitative estimate of drug-likeness (QED) is 0.832. The van der Waals surface area contributed by atoms with Crippen molar-refractivity contribution >= 4 is 17.6 Å². The zero-order valence-corrected chi connectivity index (χ0v) is 15.7. The number of esters is 1. The molecule has 1 aromatic carbocycles. The average Bonchev–Trinajstić information content (AvgIpc) is 2.58. The Bertz CT molecular complexity index is 574. The number of anilines is 1. The van der Waals surface area contributed by atoms with Gasteiger partial charge in [0, 0.05) is 24.6 Å². The highest BCUT2D eigenvalue weighted by Crippen LogP contribution is 2.28. The van der Waals surface area contributed by atoms with Crippen molar-refractivity contribution in [1.29, 1.82) is 0 Å². The van der Waals surface area contributed by atoms with E-state index in [0.717, 1.165) is 25.1 Å². The normalized spacial score (nSPS) is 19.1. The minimum Gasteiger partial charge on any atom is -0.458 e. The van der Waals surface area contributed by atoms with Crippen molar-refractivity contribution in [3.63, 3.8) is 0 Å². The van der Waals surface area contributed by atoms with Crippen molar-refractivity contribution in [1.82, 2.24) is 5.32 Å². The lowest BCUT2D eigenvalue weighted by atomic mass is 9.89. The fourth-order valence-electron chi connectivity index (χ4n) is 3.24. The second-order valence-corrected chi connectivity index (χ2v) is 7.54. The molecule has 2 rings (SSSR count). The van der Waals surface area contributed by atoms with E-state index >= 15 is 0 Å². The van der Waals surface area contributed by atoms with Gasteiger partial charge in [0.25, 0.3) is 0 Å². The van der Waals surface area contributed by atoms with Crippen LogP contribution in [0.1, 0.15) is 47.0 Å². The summed E-state index contributed by atoms with van der Waals surface area (Å²) in [5.41, 5.74) is 0.158. The van der Waals surface area contributed by atoms with Gasteiger partial charge in [-0.25, -0.2) is 4.79 Å². The minimum atomic E-state index is -0.609. The van der Waals surface area contributed by atoms with Crippen LogP contribution in [0.4, 0.5) is 5.69 Å². The first-order chi connectivity index (χ1) is 11.8. The van der Waals surface area contributed by atoms with Gasteiger partial charge in [-0.1, -0.05) is 25.1 Å². The first-order valence-electron chi connectivity index (χ1n) is 9.14. The van der Waals surface area contributed by atoms with E-state index < -0.39 is 11.6 Å². The molecule has 1 amide bonds. The molecule has 1 aliphatic rings. The molecule has 2 atom stereocenters. The Morgan fingerprint density at radius 1 is 1.28 bits per heavy atom. The molecule has 1 aromatic rings. The summed E-state index contributed by atoms with van der Waals surface area (Å²) in [4.78, 5) is 27.5. The lowest BCUT2D eigenvalue weighted by molar-refractivity contribution is -0.159. The van der Waals surface area contributed by atoms with Gasteiger partial charge in [-0.3, -0.25) is 9.69 Å². The predicted octanol–water partition coefficient (Wildman–Crippen LogP) is 3.14. The summed E-state index contributed by atoms with van der Waals surface area (Å²) in [6.07, 6.45) is 2.23. The number of carbonyl (C=O) groups excluding carboxylic acids is 2. The molecule has 25 heavy (non-hydrogen) atoms. The molecule has 138 valence electrons. The lowest BCUT2D eigenvalue weighted by Gasteiger charge is -2.38. The van der Waals surface area contributed by atoms with Crippen molar-refractivity contribution < 1.29 is 14.3 Å². The van der Waals surface area contributed by atoms with Crippen LogP contribution in [0.3, 0.4) is 0 Å². The fourth-order valence-corrected chi connectivity index (χ4v) is 3.24. The number of benzene rings is 1. The minimum absolute atomic E-state index is 0.0410. The molecule has 1 heterocycles. The van der Waals surface area contributed by atoms with E-state index in [4.69, 9.17) is 4.74 Å². The molecule has 1 aliphatic heterocycles. The van der Waals surface area contributed by atoms with Gasteiger partial charge < -0.3 is 10.1 Å². The van der Waals surface area contributed by atoms with E-state index in [0.29, 0.717) is 13.0 Å². The zero-order valence-electron chi connectivity index (χ0n) is 15.7. The van der Waals surface area contributed by atoms with Crippen molar-refractivity contribution in [2.75, 3.05) is 18.0 Å². The van der Waals surface area contributed by atoms with Gasteiger partial charge in [0.05, 0.1) is 0 Å². The van der Waals surface area contributed by atoms with Crippen molar-refractivity contribution in [3.8, 4) is 0 Å². The van der Waals surface area contributed by atoms with Gasteiger partial charge in [-0.15, -0.1) is 0 Å². The highest BCUT2D eigenvalue weighted by Gasteiger charge is 2.40. The van der Waals surface area contributed by atoms with E-state index in [-0.39, 0.29) is 17.8 Å². The summed E-state index contributed by atoms with van der Waals surface area (Å²) in [6.45, 7) is 9.05. The number of rotatable bonds is 5. The largest absolute Gasteiger partial charge is 0.458 e. The summed E-state index contributed by atoms with van der Waals surface area (Å²) in [6, 6.07) is 8.82. The zero-order chi connectivity index (χ0) is 18.4. The van der Waals surface area contributed by atoms with Crippen LogP contribution in [-0.2, 0) is 14.3 Å². The third kappa shape index (κ3) is 5.30. The highest BCUT2D eigenvalue weighted by atomic mass is 16.6. The van der Waals surface area contributed by atoms with Crippen LogP contribution in [0.25, 0.3) is 0 Å². The molecule has 0 spiro atoms. The molecular weight excluding hydrogens is 316 g/mol. The number of nitrogens with zero attached hydrogens (tertiary/aromatic N) is 1. The van der Waals surface area contributed by atoms with Crippen LogP contribution in [0.15, 0.2) is 30.3 Å². The maximum Gasteiger partial charge on any atom is 0.330 e. The van der Waals surface area contributed by atoms with Crippen LogP contribution in [0.2, 0.25) is 0 Å². The van der Waals surface area contributed by atoms with Crippen LogP contribution in [-0.4, -0.2) is 36.6 Å². The third-order valence-corrected chi connectivity index (χ3v) is 4.31. The van der Waals surface area contributed by atoms with Crippen LogP contribution in [0.5, 0.6) is 0 Å². The average molecular weight is 346 g/mol. The standard InChI is InChI=1S/C20H30N2O3/c1-5-17(23)22(16-11-7-6-8-12-16)18(15-10-9-13-21-14-15)19(24)25-20(2,3)4/h6-8,11-12,15,18,21H,5,9-10,13-14H2,1-4H3/t15?,18-/m0/s1. The molecule has 1 N–H and O–H groups in total. The van der Waals surface area contributed by atoms with Crippen LogP contribution < -0.4 is 10.2 Å². The maximum atomic E-state index is 13.0. The van der Waals surface area contributed by atoms with Gasteiger partial charge >= 0.3 is 5.97 Å². The molecule has 5 nitrogen and oxygen atoms in total. The Morgan fingerprint density at radius 3 is 2.48 bits per heavy atom. The SMILES string of the molecule is CCC(=O)N(c1ccccc1)[C@H](C(=O)OC(C)(C)C)C1CCCNC1. The van der Waals surface area contributed by atoms with Crippen molar-refractivity contribution in [2.24, 2.45) is 5.92 Å². The van der Waals surface area contributed by atoms with Gasteiger partial charge in [0.2, 0.25) is 5.91 Å². The smallest absolute Gasteiger partial charge is 0.330 e. The van der Waals surface area contributed by atoms with E-state index in [2.05, 4.69) is 5.32 Å². The summed E-state index contributed by atoms with van der Waals surface area (Å²) in [5.74, 6) is -0.348. The Morgan fingerprint density at radius 2 is 1.96 bits per heavy atom. The number of ether oxygens (including phenoxy) is 1. The monoisotopic (exact) mass is 346 g/mol. The van der Waals surface area contributed by atoms with Crippen LogP contribution in [0, 0.1) is 5.92 Å². The van der Waals surface area contributed by atoms with E-state index in [1.165, 1.54) is 0 Å². The molecule has 1 unspecified atom stereocenters. The molecule has 0 radical (unpaired) electrons. The maximum absolute atomic E-state index is 13.0.